The van der Waals surface area contributed by atoms with Gasteiger partial charge in [-0.2, -0.15) is 0 Å². The summed E-state index contributed by atoms with van der Waals surface area (Å²) in [6.07, 6.45) is 1.77. The summed E-state index contributed by atoms with van der Waals surface area (Å²) in [4.78, 5) is 11.7. The van der Waals surface area contributed by atoms with Crippen LogP contribution in [-0.4, -0.2) is 44.8 Å². The van der Waals surface area contributed by atoms with E-state index in [9.17, 15) is 0 Å². The quantitative estimate of drug-likeness (QED) is 0.523. The van der Waals surface area contributed by atoms with Gasteiger partial charge in [-0.1, -0.05) is 35.6 Å². The van der Waals surface area contributed by atoms with Crippen LogP contribution in [0.15, 0.2) is 54.7 Å². The van der Waals surface area contributed by atoms with E-state index in [4.69, 9.17) is 9.72 Å². The molecule has 152 valence electrons. The van der Waals surface area contributed by atoms with Crippen molar-refractivity contribution in [1.82, 2.24) is 25.1 Å². The molecule has 3 aromatic heterocycles. The van der Waals surface area contributed by atoms with Gasteiger partial charge >= 0.3 is 0 Å². The van der Waals surface area contributed by atoms with Gasteiger partial charge in [-0.05, 0) is 36.8 Å². The Morgan fingerprint density at radius 3 is 2.97 bits per heavy atom. The Hall–Kier alpha value is -2.94. The Labute approximate surface area is 178 Å². The predicted molar refractivity (Wildman–Crippen MR) is 118 cm³/mol. The number of hydrogen-bond donors (Lipinski definition) is 1. The Morgan fingerprint density at radius 1 is 1.13 bits per heavy atom. The normalized spacial score (nSPS) is 17.3. The van der Waals surface area contributed by atoms with Crippen molar-refractivity contribution < 1.29 is 4.74 Å². The minimum atomic E-state index is -0.0650. The summed E-state index contributed by atoms with van der Waals surface area (Å²) >= 11 is 1.51. The molecule has 1 fully saturated rings. The molecule has 5 rings (SSSR count). The molecule has 0 radical (unpaired) electrons. The molecular formula is C22H22N6OS. The number of benzene rings is 1. The first-order valence-corrected chi connectivity index (χ1v) is 10.8. The van der Waals surface area contributed by atoms with E-state index in [1.54, 1.807) is 0 Å². The number of nitrogens with zero attached hydrogens (tertiary/aromatic N) is 5. The van der Waals surface area contributed by atoms with Crippen LogP contribution >= 0.6 is 11.3 Å². The highest BCUT2D eigenvalue weighted by Gasteiger charge is 2.24. The molecule has 1 aromatic carbocycles. The summed E-state index contributed by atoms with van der Waals surface area (Å²) in [5, 5.41) is 14.3. The van der Waals surface area contributed by atoms with E-state index in [0.29, 0.717) is 6.61 Å². The zero-order chi connectivity index (χ0) is 20.3. The van der Waals surface area contributed by atoms with Crippen LogP contribution in [0.3, 0.4) is 0 Å². The third-order valence-electron chi connectivity index (χ3n) is 5.14. The Morgan fingerprint density at radius 2 is 2.07 bits per heavy atom. The minimum absolute atomic E-state index is 0.0650. The first-order valence-electron chi connectivity index (χ1n) is 9.95. The largest absolute Gasteiger partial charge is 0.369 e. The van der Waals surface area contributed by atoms with Crippen LogP contribution in [0.5, 0.6) is 0 Å². The monoisotopic (exact) mass is 418 g/mol. The second-order valence-electron chi connectivity index (χ2n) is 7.28. The summed E-state index contributed by atoms with van der Waals surface area (Å²) in [5.41, 5.74) is 3.24. The summed E-state index contributed by atoms with van der Waals surface area (Å²) in [6.45, 7) is 5.18. The molecule has 7 nitrogen and oxygen atoms in total. The van der Waals surface area contributed by atoms with Crippen molar-refractivity contribution >= 4 is 33.2 Å². The maximum absolute atomic E-state index is 6.06. The summed E-state index contributed by atoms with van der Waals surface area (Å²) in [7, 11) is 0. The number of ether oxygens (including phenoxy) is 1. The standard InChI is InChI=1S/C22H22N6OS/c1-15-26-27-22(30-15)25-21-9-3-8-19(24-21)20-14-28(11-12-29-20)13-16-5-2-7-18-17(16)6-4-10-23-18/h2-10,20H,11-14H2,1H3,(H,24,25,27). The molecule has 0 saturated carbocycles. The van der Waals surface area contributed by atoms with Gasteiger partial charge in [0.1, 0.15) is 16.9 Å². The fourth-order valence-electron chi connectivity index (χ4n) is 3.73. The summed E-state index contributed by atoms with van der Waals surface area (Å²) < 4.78 is 6.06. The third-order valence-corrected chi connectivity index (χ3v) is 5.90. The number of fused-ring (bicyclic) bond motifs is 1. The van der Waals surface area contributed by atoms with Gasteiger partial charge in [0.25, 0.3) is 0 Å². The molecule has 0 amide bonds. The zero-order valence-electron chi connectivity index (χ0n) is 16.7. The van der Waals surface area contributed by atoms with Crippen molar-refractivity contribution in [2.45, 2.75) is 19.6 Å². The van der Waals surface area contributed by atoms with Crippen LogP contribution in [0.2, 0.25) is 0 Å². The number of nitrogens with one attached hydrogen (secondary N) is 1. The zero-order valence-corrected chi connectivity index (χ0v) is 17.5. The fraction of sp³-hybridized carbons (Fsp3) is 0.273. The van der Waals surface area contributed by atoms with Crippen molar-refractivity contribution in [3.8, 4) is 0 Å². The number of anilines is 2. The van der Waals surface area contributed by atoms with Crippen molar-refractivity contribution in [2.24, 2.45) is 0 Å². The van der Waals surface area contributed by atoms with Crippen molar-refractivity contribution in [2.75, 3.05) is 25.0 Å². The maximum atomic E-state index is 6.06. The second kappa shape index (κ2) is 8.43. The van der Waals surface area contributed by atoms with Gasteiger partial charge < -0.3 is 10.1 Å². The number of aryl methyl sites for hydroxylation is 1. The van der Waals surface area contributed by atoms with E-state index in [1.807, 2.05) is 37.4 Å². The van der Waals surface area contributed by atoms with Crippen molar-refractivity contribution in [1.29, 1.82) is 0 Å². The molecule has 8 heteroatoms. The summed E-state index contributed by atoms with van der Waals surface area (Å²) in [5.74, 6) is 0.754. The first-order chi connectivity index (χ1) is 14.7. The molecular weight excluding hydrogens is 396 g/mol. The van der Waals surface area contributed by atoms with E-state index < -0.39 is 0 Å². The number of pyridine rings is 2. The molecule has 0 aliphatic carbocycles. The molecule has 0 spiro atoms. The molecule has 1 aliphatic heterocycles. The van der Waals surface area contributed by atoms with E-state index >= 15 is 0 Å². The van der Waals surface area contributed by atoms with E-state index in [-0.39, 0.29) is 6.10 Å². The van der Waals surface area contributed by atoms with Crippen LogP contribution in [0.25, 0.3) is 10.9 Å². The van der Waals surface area contributed by atoms with E-state index in [2.05, 4.69) is 49.7 Å². The Kier molecular flexibility index (Phi) is 5.35. The first kappa shape index (κ1) is 19.0. The van der Waals surface area contributed by atoms with Gasteiger partial charge in [0, 0.05) is 31.2 Å². The third kappa shape index (κ3) is 4.16. The lowest BCUT2D eigenvalue weighted by atomic mass is 10.1. The van der Waals surface area contributed by atoms with Gasteiger partial charge in [0.2, 0.25) is 5.13 Å². The molecule has 1 unspecified atom stereocenters. The maximum Gasteiger partial charge on any atom is 0.211 e. The molecule has 1 aliphatic rings. The van der Waals surface area contributed by atoms with Crippen molar-refractivity contribution in [3.05, 3.63) is 71.0 Å². The second-order valence-corrected chi connectivity index (χ2v) is 8.46. The number of morpholine rings is 1. The van der Waals surface area contributed by atoms with Crippen molar-refractivity contribution in [3.63, 3.8) is 0 Å². The molecule has 30 heavy (non-hydrogen) atoms. The minimum Gasteiger partial charge on any atom is -0.369 e. The van der Waals surface area contributed by atoms with Gasteiger partial charge in [0.15, 0.2) is 0 Å². The smallest absolute Gasteiger partial charge is 0.211 e. The van der Waals surface area contributed by atoms with Gasteiger partial charge in [-0.25, -0.2) is 4.98 Å². The van der Waals surface area contributed by atoms with E-state index in [0.717, 1.165) is 46.8 Å². The highest BCUT2D eigenvalue weighted by atomic mass is 32.1. The predicted octanol–water partition coefficient (Wildman–Crippen LogP) is 4.11. The van der Waals surface area contributed by atoms with Crippen LogP contribution in [-0.2, 0) is 11.3 Å². The van der Waals surface area contributed by atoms with Gasteiger partial charge in [0.05, 0.1) is 17.8 Å². The molecule has 0 bridgehead atoms. The Balaban J connectivity index is 1.31. The molecule has 1 saturated heterocycles. The van der Waals surface area contributed by atoms with Gasteiger partial charge in [-0.3, -0.25) is 9.88 Å². The highest BCUT2D eigenvalue weighted by Crippen LogP contribution is 2.26. The van der Waals surface area contributed by atoms with Crippen LogP contribution in [0.1, 0.15) is 22.4 Å². The fourth-order valence-corrected chi connectivity index (χ4v) is 4.33. The number of hydrogen-bond acceptors (Lipinski definition) is 8. The topological polar surface area (TPSA) is 76.1 Å². The number of rotatable bonds is 5. The lowest BCUT2D eigenvalue weighted by Gasteiger charge is -2.33. The Bertz CT molecular complexity index is 1160. The van der Waals surface area contributed by atoms with E-state index in [1.165, 1.54) is 22.3 Å². The van der Waals surface area contributed by atoms with Crippen LogP contribution in [0.4, 0.5) is 10.9 Å². The lowest BCUT2D eigenvalue weighted by Crippen LogP contribution is -2.38. The van der Waals surface area contributed by atoms with Crippen LogP contribution in [0, 0.1) is 6.92 Å². The molecule has 4 aromatic rings. The number of aromatic nitrogens is 4. The SMILES string of the molecule is Cc1nnc(Nc2cccc(C3CN(Cc4cccc5ncccc45)CCO3)n2)s1. The highest BCUT2D eigenvalue weighted by molar-refractivity contribution is 7.15. The summed E-state index contributed by atoms with van der Waals surface area (Å²) in [6, 6.07) is 16.4. The molecule has 4 heterocycles. The average molecular weight is 419 g/mol. The lowest BCUT2D eigenvalue weighted by molar-refractivity contribution is -0.0348. The molecule has 1 N–H and O–H groups in total. The molecule has 1 atom stereocenters. The van der Waals surface area contributed by atoms with Crippen LogP contribution < -0.4 is 5.32 Å². The van der Waals surface area contributed by atoms with Gasteiger partial charge in [-0.15, -0.1) is 10.2 Å². The average Bonchev–Trinajstić information content (AvgIpc) is 3.19.